The first-order chi connectivity index (χ1) is 13.2. The molecule has 0 bridgehead atoms. The Bertz CT molecular complexity index is 769. The van der Waals surface area contributed by atoms with E-state index in [2.05, 4.69) is 0 Å². The fraction of sp³-hybridized carbons (Fsp3) is 0.450. The van der Waals surface area contributed by atoms with Crippen LogP contribution < -0.4 is 0 Å². The molecule has 0 aliphatic carbocycles. The Hall–Kier alpha value is -2.55. The molecule has 8 nitrogen and oxygen atoms in total. The molecule has 1 aromatic carbocycles. The molecule has 0 spiro atoms. The molecule has 1 unspecified atom stereocenters. The minimum atomic E-state index is -1.24. The number of carbonyl (C=O) groups is 1. The number of allylic oxidation sites excluding steroid dienone is 1. The second kappa shape index (κ2) is 9.09. The molecule has 28 heavy (non-hydrogen) atoms. The van der Waals surface area contributed by atoms with Gasteiger partial charge in [0.25, 0.3) is 0 Å². The molecule has 0 saturated heterocycles. The molecule has 154 valence electrons. The third kappa shape index (κ3) is 4.64. The van der Waals surface area contributed by atoms with Gasteiger partial charge in [-0.3, -0.25) is 0 Å². The number of rotatable bonds is 7. The van der Waals surface area contributed by atoms with Crippen molar-refractivity contribution in [3.8, 4) is 11.5 Å². The van der Waals surface area contributed by atoms with E-state index in [0.29, 0.717) is 12.0 Å². The van der Waals surface area contributed by atoms with Crippen LogP contribution in [0, 0.1) is 5.41 Å². The molecule has 4 N–H and O–H groups in total. The maximum absolute atomic E-state index is 12.1. The third-order valence-corrected chi connectivity index (χ3v) is 4.85. The summed E-state index contributed by atoms with van der Waals surface area (Å²) in [5.74, 6) is -1.07. The second-order valence-electron chi connectivity index (χ2n) is 6.69. The standard InChI is InChI=1S/C20H26O8/c1-4-13-19(25)28-11-14(18(24)26-3)20(13,2)10-17(23)27-8-7-12-5-6-15(21)16(22)9-12/h4-6,9,11,17,19,21-23,25H,7-8,10H2,1-3H3/b13-4+/t17?,19-,20-/m0/s1. The van der Waals surface area contributed by atoms with Crippen LogP contribution in [0.2, 0.25) is 0 Å². The van der Waals surface area contributed by atoms with Gasteiger partial charge >= 0.3 is 5.97 Å². The van der Waals surface area contributed by atoms with E-state index in [1.165, 1.54) is 19.2 Å². The Kier molecular flexibility index (Phi) is 7.06. The number of esters is 1. The SMILES string of the molecule is C/C=C1\[C@@H](O)OC=C(C(=O)OC)[C@@]1(C)CC(O)OCCc1ccc(O)c(O)c1. The number of hydrogen-bond acceptors (Lipinski definition) is 8. The van der Waals surface area contributed by atoms with Crippen LogP contribution in [0.15, 0.2) is 41.7 Å². The molecule has 0 saturated carbocycles. The van der Waals surface area contributed by atoms with Gasteiger partial charge in [-0.1, -0.05) is 19.1 Å². The number of benzene rings is 1. The topological polar surface area (TPSA) is 126 Å². The van der Waals surface area contributed by atoms with E-state index < -0.39 is 24.0 Å². The maximum Gasteiger partial charge on any atom is 0.337 e. The summed E-state index contributed by atoms with van der Waals surface area (Å²) in [6, 6.07) is 4.42. The summed E-state index contributed by atoms with van der Waals surface area (Å²) >= 11 is 0. The van der Waals surface area contributed by atoms with Crippen molar-refractivity contribution in [2.45, 2.75) is 39.3 Å². The van der Waals surface area contributed by atoms with Crippen molar-refractivity contribution in [2.75, 3.05) is 13.7 Å². The Morgan fingerprint density at radius 2 is 2.07 bits per heavy atom. The molecule has 2 rings (SSSR count). The summed E-state index contributed by atoms with van der Waals surface area (Å²) in [6.45, 7) is 3.54. The zero-order chi connectivity index (χ0) is 20.9. The average Bonchev–Trinajstić information content (AvgIpc) is 2.64. The Balaban J connectivity index is 2.06. The minimum Gasteiger partial charge on any atom is -0.504 e. The van der Waals surface area contributed by atoms with Gasteiger partial charge in [0.15, 0.2) is 17.8 Å². The first-order valence-corrected chi connectivity index (χ1v) is 8.82. The highest BCUT2D eigenvalue weighted by Gasteiger charge is 2.45. The van der Waals surface area contributed by atoms with Crippen molar-refractivity contribution in [1.82, 2.24) is 0 Å². The maximum atomic E-state index is 12.1. The first-order valence-electron chi connectivity index (χ1n) is 8.82. The lowest BCUT2D eigenvalue weighted by Crippen LogP contribution is -2.40. The van der Waals surface area contributed by atoms with Crippen molar-refractivity contribution in [3.05, 3.63) is 47.2 Å². The van der Waals surface area contributed by atoms with E-state index >= 15 is 0 Å². The summed E-state index contributed by atoms with van der Waals surface area (Å²) in [4.78, 5) is 12.1. The Morgan fingerprint density at radius 3 is 2.68 bits per heavy atom. The summed E-state index contributed by atoms with van der Waals surface area (Å²) in [5.41, 5.74) is 0.260. The molecule has 1 aromatic rings. The fourth-order valence-electron chi connectivity index (χ4n) is 3.28. The quantitative estimate of drug-likeness (QED) is 0.238. The normalized spacial score (nSPS) is 24.4. The summed E-state index contributed by atoms with van der Waals surface area (Å²) in [6.07, 6.45) is 0.694. The monoisotopic (exact) mass is 394 g/mol. The molecule has 0 amide bonds. The highest BCUT2D eigenvalue weighted by atomic mass is 16.6. The van der Waals surface area contributed by atoms with Crippen molar-refractivity contribution in [3.63, 3.8) is 0 Å². The second-order valence-corrected chi connectivity index (χ2v) is 6.69. The first kappa shape index (κ1) is 21.7. The van der Waals surface area contributed by atoms with Crippen LogP contribution in [0.25, 0.3) is 0 Å². The van der Waals surface area contributed by atoms with Crippen LogP contribution in [0.4, 0.5) is 0 Å². The molecule has 0 fully saturated rings. The third-order valence-electron chi connectivity index (χ3n) is 4.85. The number of methoxy groups -OCH3 is 1. The molecule has 0 radical (unpaired) electrons. The number of aliphatic hydroxyl groups is 2. The summed E-state index contributed by atoms with van der Waals surface area (Å²) < 4.78 is 15.4. The van der Waals surface area contributed by atoms with Gasteiger partial charge in [-0.15, -0.1) is 0 Å². The number of aliphatic hydroxyl groups excluding tert-OH is 2. The molecule has 8 heteroatoms. The number of carbonyl (C=O) groups excluding carboxylic acids is 1. The van der Waals surface area contributed by atoms with Crippen molar-refractivity contribution in [1.29, 1.82) is 0 Å². The van der Waals surface area contributed by atoms with E-state index in [1.54, 1.807) is 26.0 Å². The van der Waals surface area contributed by atoms with Crippen LogP contribution in [0.5, 0.6) is 11.5 Å². The number of phenols is 2. The zero-order valence-corrected chi connectivity index (χ0v) is 16.1. The summed E-state index contributed by atoms with van der Waals surface area (Å²) in [7, 11) is 1.24. The molecule has 0 aromatic heterocycles. The van der Waals surface area contributed by atoms with E-state index in [1.807, 2.05) is 0 Å². The number of phenolic OH excluding ortho intramolecular Hbond substituents is 2. The van der Waals surface area contributed by atoms with Gasteiger partial charge in [0, 0.05) is 17.4 Å². The van der Waals surface area contributed by atoms with Crippen molar-refractivity contribution >= 4 is 5.97 Å². The van der Waals surface area contributed by atoms with Gasteiger partial charge in [0.05, 0.1) is 25.6 Å². The highest BCUT2D eigenvalue weighted by molar-refractivity contribution is 5.90. The van der Waals surface area contributed by atoms with Gasteiger partial charge < -0.3 is 34.6 Å². The van der Waals surface area contributed by atoms with Gasteiger partial charge in [-0.2, -0.15) is 0 Å². The van der Waals surface area contributed by atoms with Crippen LogP contribution in [0.3, 0.4) is 0 Å². The van der Waals surface area contributed by atoms with E-state index in [0.717, 1.165) is 11.8 Å². The molecule has 1 heterocycles. The van der Waals surface area contributed by atoms with Crippen LogP contribution in [0.1, 0.15) is 25.8 Å². The molecule has 1 aliphatic heterocycles. The number of aromatic hydroxyl groups is 2. The lowest BCUT2D eigenvalue weighted by atomic mass is 9.71. The van der Waals surface area contributed by atoms with Gasteiger partial charge in [-0.05, 0) is 31.0 Å². The predicted octanol–water partition coefficient (Wildman–Crippen LogP) is 1.72. The lowest BCUT2D eigenvalue weighted by molar-refractivity contribution is -0.142. The zero-order valence-electron chi connectivity index (χ0n) is 16.1. The fourth-order valence-corrected chi connectivity index (χ4v) is 3.28. The summed E-state index contributed by atoms with van der Waals surface area (Å²) in [5, 5.41) is 39.3. The van der Waals surface area contributed by atoms with Gasteiger partial charge in [0.1, 0.15) is 0 Å². The Labute approximate surface area is 163 Å². The predicted molar refractivity (Wildman–Crippen MR) is 99.1 cm³/mol. The van der Waals surface area contributed by atoms with Crippen LogP contribution >= 0.6 is 0 Å². The largest absolute Gasteiger partial charge is 0.504 e. The lowest BCUT2D eigenvalue weighted by Gasteiger charge is -2.39. The minimum absolute atomic E-state index is 0.00510. The molecular formula is C20H26O8. The highest BCUT2D eigenvalue weighted by Crippen LogP contribution is 2.45. The van der Waals surface area contributed by atoms with E-state index in [4.69, 9.17) is 14.2 Å². The number of ether oxygens (including phenoxy) is 3. The van der Waals surface area contributed by atoms with Crippen molar-refractivity contribution < 1.29 is 39.4 Å². The van der Waals surface area contributed by atoms with Gasteiger partial charge in [-0.25, -0.2) is 4.79 Å². The smallest absolute Gasteiger partial charge is 0.337 e. The average molecular weight is 394 g/mol. The molecule has 1 aliphatic rings. The van der Waals surface area contributed by atoms with Crippen molar-refractivity contribution in [2.24, 2.45) is 5.41 Å². The Morgan fingerprint density at radius 1 is 1.36 bits per heavy atom. The number of hydrogen-bond donors (Lipinski definition) is 4. The van der Waals surface area contributed by atoms with E-state index in [9.17, 15) is 25.2 Å². The molecular weight excluding hydrogens is 368 g/mol. The van der Waals surface area contributed by atoms with Gasteiger partial charge in [0.2, 0.25) is 6.29 Å². The molecule has 3 atom stereocenters. The van der Waals surface area contributed by atoms with Crippen LogP contribution in [-0.2, 0) is 25.4 Å². The van der Waals surface area contributed by atoms with Crippen LogP contribution in [-0.4, -0.2) is 52.7 Å². The van der Waals surface area contributed by atoms with E-state index in [-0.39, 0.29) is 30.1 Å².